The minimum Gasteiger partial charge on any atom is -0.453 e. The highest BCUT2D eigenvalue weighted by atomic mass is 79.9. The fourth-order valence-corrected chi connectivity index (χ4v) is 2.01. The van der Waals surface area contributed by atoms with Crippen molar-refractivity contribution in [2.45, 2.75) is 13.0 Å². The fourth-order valence-electron chi connectivity index (χ4n) is 1.53. The van der Waals surface area contributed by atoms with Crippen molar-refractivity contribution in [1.82, 2.24) is 0 Å². The lowest BCUT2D eigenvalue weighted by Crippen LogP contribution is -2.04. The minimum atomic E-state index is -0.388. The number of para-hydroxylation sites is 1. The van der Waals surface area contributed by atoms with Gasteiger partial charge in [-0.05, 0) is 52.7 Å². The first-order valence-electron chi connectivity index (χ1n) is 5.55. The van der Waals surface area contributed by atoms with Gasteiger partial charge in [0.2, 0.25) is 0 Å². The summed E-state index contributed by atoms with van der Waals surface area (Å²) in [6.07, 6.45) is 0. The smallest absolute Gasteiger partial charge is 0.165 e. The number of ether oxygens (including phenoxy) is 1. The van der Waals surface area contributed by atoms with Crippen LogP contribution in [-0.2, 0) is 0 Å². The maximum atomic E-state index is 13.5. The molecule has 0 aliphatic heterocycles. The van der Waals surface area contributed by atoms with E-state index < -0.39 is 0 Å². The van der Waals surface area contributed by atoms with Crippen molar-refractivity contribution in [3.63, 3.8) is 0 Å². The maximum Gasteiger partial charge on any atom is 0.165 e. The van der Waals surface area contributed by atoms with E-state index in [9.17, 15) is 4.39 Å². The Morgan fingerprint density at radius 3 is 2.50 bits per heavy atom. The van der Waals surface area contributed by atoms with Crippen molar-refractivity contribution in [2.24, 2.45) is 5.73 Å². The maximum absolute atomic E-state index is 13.5. The molecule has 0 saturated carbocycles. The SMILES string of the molecule is C[C@@H](N)c1ccc(Oc2ccccc2F)c(Br)c1. The van der Waals surface area contributed by atoms with Crippen LogP contribution in [0.25, 0.3) is 0 Å². The van der Waals surface area contributed by atoms with Crippen LogP contribution >= 0.6 is 15.9 Å². The molecule has 18 heavy (non-hydrogen) atoms. The predicted molar refractivity (Wildman–Crippen MR) is 73.2 cm³/mol. The van der Waals surface area contributed by atoms with Crippen molar-refractivity contribution >= 4 is 15.9 Å². The van der Waals surface area contributed by atoms with Crippen molar-refractivity contribution in [1.29, 1.82) is 0 Å². The first-order chi connectivity index (χ1) is 8.58. The second-order valence-corrected chi connectivity index (χ2v) is 4.87. The molecule has 0 bridgehead atoms. The Hall–Kier alpha value is -1.39. The summed E-state index contributed by atoms with van der Waals surface area (Å²) >= 11 is 3.39. The van der Waals surface area contributed by atoms with Gasteiger partial charge in [-0.25, -0.2) is 4.39 Å². The molecule has 0 radical (unpaired) electrons. The number of rotatable bonds is 3. The molecular formula is C14H13BrFNO. The van der Waals surface area contributed by atoms with Crippen molar-refractivity contribution in [3.05, 3.63) is 58.3 Å². The molecule has 1 atom stereocenters. The number of hydrogen-bond donors (Lipinski definition) is 1. The first kappa shape index (κ1) is 13.1. The summed E-state index contributed by atoms with van der Waals surface area (Å²) in [5.41, 5.74) is 6.78. The number of nitrogens with two attached hydrogens (primary N) is 1. The van der Waals surface area contributed by atoms with E-state index in [1.54, 1.807) is 24.3 Å². The zero-order valence-electron chi connectivity index (χ0n) is 9.86. The number of hydrogen-bond acceptors (Lipinski definition) is 2. The lowest BCUT2D eigenvalue weighted by atomic mass is 10.1. The van der Waals surface area contributed by atoms with Crippen LogP contribution in [0.4, 0.5) is 4.39 Å². The number of halogens is 2. The first-order valence-corrected chi connectivity index (χ1v) is 6.34. The van der Waals surface area contributed by atoms with E-state index >= 15 is 0 Å². The average molecular weight is 310 g/mol. The molecule has 0 saturated heterocycles. The lowest BCUT2D eigenvalue weighted by Gasteiger charge is -2.11. The summed E-state index contributed by atoms with van der Waals surface area (Å²) in [6, 6.07) is 11.8. The molecule has 0 amide bonds. The largest absolute Gasteiger partial charge is 0.453 e. The molecule has 0 aromatic heterocycles. The topological polar surface area (TPSA) is 35.2 Å². The van der Waals surface area contributed by atoms with Crippen LogP contribution < -0.4 is 10.5 Å². The number of benzene rings is 2. The van der Waals surface area contributed by atoms with Crippen molar-refractivity contribution < 1.29 is 9.13 Å². The predicted octanol–water partition coefficient (Wildman–Crippen LogP) is 4.40. The van der Waals surface area contributed by atoms with Crippen LogP contribution in [0.3, 0.4) is 0 Å². The van der Waals surface area contributed by atoms with E-state index in [-0.39, 0.29) is 17.6 Å². The van der Waals surface area contributed by atoms with Gasteiger partial charge in [0.1, 0.15) is 5.75 Å². The fraction of sp³-hybridized carbons (Fsp3) is 0.143. The van der Waals surface area contributed by atoms with E-state index in [4.69, 9.17) is 10.5 Å². The lowest BCUT2D eigenvalue weighted by molar-refractivity contribution is 0.440. The van der Waals surface area contributed by atoms with Gasteiger partial charge in [0.05, 0.1) is 4.47 Å². The van der Waals surface area contributed by atoms with Gasteiger partial charge < -0.3 is 10.5 Å². The molecule has 2 nitrogen and oxygen atoms in total. The highest BCUT2D eigenvalue weighted by Gasteiger charge is 2.08. The van der Waals surface area contributed by atoms with Crippen LogP contribution in [-0.4, -0.2) is 0 Å². The third-order valence-corrected chi connectivity index (χ3v) is 3.16. The monoisotopic (exact) mass is 309 g/mol. The Morgan fingerprint density at radius 1 is 1.17 bits per heavy atom. The molecule has 0 spiro atoms. The Labute approximate surface area is 114 Å². The van der Waals surface area contributed by atoms with Gasteiger partial charge in [-0.2, -0.15) is 0 Å². The summed E-state index contributed by atoms with van der Waals surface area (Å²) in [5.74, 6) is 0.372. The Morgan fingerprint density at radius 2 is 1.89 bits per heavy atom. The molecule has 2 aromatic rings. The van der Waals surface area contributed by atoms with E-state index in [0.29, 0.717) is 5.75 Å². The molecule has 4 heteroatoms. The molecule has 94 valence electrons. The molecule has 0 aliphatic carbocycles. The second kappa shape index (κ2) is 5.50. The summed E-state index contributed by atoms with van der Waals surface area (Å²) in [6.45, 7) is 1.90. The van der Waals surface area contributed by atoms with Gasteiger partial charge in [0.15, 0.2) is 11.6 Å². The van der Waals surface area contributed by atoms with Crippen LogP contribution in [0, 0.1) is 5.82 Å². The van der Waals surface area contributed by atoms with E-state index in [0.717, 1.165) is 10.0 Å². The van der Waals surface area contributed by atoms with Gasteiger partial charge in [0.25, 0.3) is 0 Å². The summed E-state index contributed by atoms with van der Waals surface area (Å²) in [7, 11) is 0. The summed E-state index contributed by atoms with van der Waals surface area (Å²) in [5, 5.41) is 0. The van der Waals surface area contributed by atoms with Gasteiger partial charge in [-0.15, -0.1) is 0 Å². The average Bonchev–Trinajstić information content (AvgIpc) is 2.34. The zero-order valence-corrected chi connectivity index (χ0v) is 11.4. The molecule has 2 rings (SSSR count). The van der Waals surface area contributed by atoms with Gasteiger partial charge in [0, 0.05) is 6.04 Å². The van der Waals surface area contributed by atoms with Crippen LogP contribution in [0.5, 0.6) is 11.5 Å². The van der Waals surface area contributed by atoms with Crippen LogP contribution in [0.2, 0.25) is 0 Å². The van der Waals surface area contributed by atoms with Gasteiger partial charge >= 0.3 is 0 Å². The molecule has 0 aliphatic rings. The standard InChI is InChI=1S/C14H13BrFNO/c1-9(17)10-6-7-13(11(15)8-10)18-14-5-3-2-4-12(14)16/h2-9H,17H2,1H3/t9-/m1/s1. The molecular weight excluding hydrogens is 297 g/mol. The minimum absolute atomic E-state index is 0.0520. The van der Waals surface area contributed by atoms with Gasteiger partial charge in [-0.3, -0.25) is 0 Å². The van der Waals surface area contributed by atoms with Gasteiger partial charge in [-0.1, -0.05) is 18.2 Å². The second-order valence-electron chi connectivity index (χ2n) is 4.01. The normalized spacial score (nSPS) is 12.2. The molecule has 0 unspecified atom stereocenters. The molecule has 0 fully saturated rings. The summed E-state index contributed by atoms with van der Waals surface area (Å²) in [4.78, 5) is 0. The Kier molecular flexibility index (Phi) is 3.99. The molecule has 2 N–H and O–H groups in total. The van der Waals surface area contributed by atoms with Crippen LogP contribution in [0.1, 0.15) is 18.5 Å². The quantitative estimate of drug-likeness (QED) is 0.912. The zero-order chi connectivity index (χ0) is 13.1. The Balaban J connectivity index is 2.28. The van der Waals surface area contributed by atoms with E-state index in [1.807, 2.05) is 19.1 Å². The van der Waals surface area contributed by atoms with Crippen LogP contribution in [0.15, 0.2) is 46.9 Å². The molecule has 2 aromatic carbocycles. The van der Waals surface area contributed by atoms with E-state index in [2.05, 4.69) is 15.9 Å². The third-order valence-electron chi connectivity index (χ3n) is 2.54. The van der Waals surface area contributed by atoms with Crippen molar-refractivity contribution in [2.75, 3.05) is 0 Å². The highest BCUT2D eigenvalue weighted by Crippen LogP contribution is 2.32. The third kappa shape index (κ3) is 2.89. The molecule has 0 heterocycles. The van der Waals surface area contributed by atoms with Crippen molar-refractivity contribution in [3.8, 4) is 11.5 Å². The Bertz CT molecular complexity index is 557. The summed E-state index contributed by atoms with van der Waals surface area (Å²) < 4.78 is 19.7. The highest BCUT2D eigenvalue weighted by molar-refractivity contribution is 9.10. The van der Waals surface area contributed by atoms with E-state index in [1.165, 1.54) is 6.07 Å².